The zero-order valence-corrected chi connectivity index (χ0v) is 13.8. The second kappa shape index (κ2) is 5.05. The van der Waals surface area contributed by atoms with Gasteiger partial charge in [0.25, 0.3) is 0 Å². The summed E-state index contributed by atoms with van der Waals surface area (Å²) in [7, 11) is 0. The van der Waals surface area contributed by atoms with Crippen LogP contribution in [0.15, 0.2) is 27.5 Å². The summed E-state index contributed by atoms with van der Waals surface area (Å²) in [5.74, 6) is -14.8. The van der Waals surface area contributed by atoms with Gasteiger partial charge in [0.05, 0.1) is 0 Å². The first-order chi connectivity index (χ1) is 10.5. The molecule has 2 heterocycles. The minimum Gasteiger partial charge on any atom is -0.194 e. The lowest BCUT2D eigenvalue weighted by atomic mass is 9.93. The third-order valence-electron chi connectivity index (χ3n) is 4.19. The van der Waals surface area contributed by atoms with Crippen LogP contribution in [0.4, 0.5) is 26.3 Å². The number of halogens is 6. The third-order valence-corrected chi connectivity index (χ3v) is 6.13. The molecule has 2 aliphatic rings. The van der Waals surface area contributed by atoms with E-state index in [1.807, 2.05) is 0 Å². The normalized spacial score (nSPS) is 25.6. The zero-order valence-electron chi connectivity index (χ0n) is 12.2. The smallest absolute Gasteiger partial charge is 0.194 e. The van der Waals surface area contributed by atoms with Gasteiger partial charge in [-0.1, -0.05) is 0 Å². The topological polar surface area (TPSA) is 0 Å². The molecule has 0 N–H and O–H groups in total. The van der Waals surface area contributed by atoms with Gasteiger partial charge in [-0.05, 0) is 47.8 Å². The Hall–Kier alpha value is -0.890. The Morgan fingerprint density at radius 1 is 0.957 bits per heavy atom. The maximum absolute atomic E-state index is 14.4. The minimum atomic E-state index is -5.44. The van der Waals surface area contributed by atoms with Crippen molar-refractivity contribution in [2.75, 3.05) is 5.75 Å². The Labute approximate surface area is 137 Å². The van der Waals surface area contributed by atoms with E-state index in [9.17, 15) is 26.3 Å². The summed E-state index contributed by atoms with van der Waals surface area (Å²) in [6.45, 7) is 2.96. The summed E-state index contributed by atoms with van der Waals surface area (Å²) in [5.41, 5.74) is -2.69. The molecule has 3 rings (SSSR count). The van der Waals surface area contributed by atoms with Gasteiger partial charge in [0, 0.05) is 21.8 Å². The second-order valence-corrected chi connectivity index (χ2v) is 7.93. The maximum atomic E-state index is 14.4. The number of aryl methyl sites for hydroxylation is 1. The van der Waals surface area contributed by atoms with Gasteiger partial charge in [0.2, 0.25) is 0 Å². The second-order valence-electron chi connectivity index (χ2n) is 5.50. The fraction of sp³-hybridized carbons (Fsp3) is 0.467. The minimum absolute atomic E-state index is 0.0718. The first-order valence-electron chi connectivity index (χ1n) is 6.79. The standard InChI is InChI=1S/C15H12F6S2/c1-7-9(3-5-22-7)11-12(10-4-6-23-8(10)2)14(18,19)15(20,21)13(11,16)17/h3,5H,4,6H2,1-2H3. The average Bonchev–Trinajstić information content (AvgIpc) is 3.05. The van der Waals surface area contributed by atoms with Crippen molar-refractivity contribution < 1.29 is 26.3 Å². The van der Waals surface area contributed by atoms with Gasteiger partial charge in [-0.2, -0.15) is 26.3 Å². The number of hydrogen-bond acceptors (Lipinski definition) is 2. The van der Waals surface area contributed by atoms with Crippen molar-refractivity contribution >= 4 is 28.7 Å². The van der Waals surface area contributed by atoms with Gasteiger partial charge < -0.3 is 0 Å². The molecule has 1 aliphatic carbocycles. The third kappa shape index (κ3) is 2.06. The number of thioether (sulfide) groups is 1. The molecular weight excluding hydrogens is 358 g/mol. The molecule has 0 saturated carbocycles. The molecular formula is C15H12F6S2. The largest absolute Gasteiger partial charge is 0.380 e. The van der Waals surface area contributed by atoms with Crippen molar-refractivity contribution in [1.29, 1.82) is 0 Å². The van der Waals surface area contributed by atoms with E-state index in [2.05, 4.69) is 0 Å². The first kappa shape index (κ1) is 17.0. The highest BCUT2D eigenvalue weighted by molar-refractivity contribution is 8.03. The van der Waals surface area contributed by atoms with Crippen LogP contribution in [0.25, 0.3) is 5.57 Å². The molecule has 23 heavy (non-hydrogen) atoms. The van der Waals surface area contributed by atoms with E-state index in [1.54, 1.807) is 0 Å². The summed E-state index contributed by atoms with van der Waals surface area (Å²) in [6.07, 6.45) is 0.0836. The van der Waals surface area contributed by atoms with E-state index in [0.717, 1.165) is 11.3 Å². The molecule has 0 unspecified atom stereocenters. The highest BCUT2D eigenvalue weighted by Gasteiger charge is 2.80. The molecule has 1 aromatic rings. The van der Waals surface area contributed by atoms with Crippen LogP contribution in [0.1, 0.15) is 23.8 Å². The molecule has 0 amide bonds. The van der Waals surface area contributed by atoms with Crippen molar-refractivity contribution in [3.63, 3.8) is 0 Å². The zero-order chi connectivity index (χ0) is 17.2. The predicted molar refractivity (Wildman–Crippen MR) is 80.6 cm³/mol. The number of alkyl halides is 6. The van der Waals surface area contributed by atoms with Crippen molar-refractivity contribution in [2.24, 2.45) is 0 Å². The van der Waals surface area contributed by atoms with Crippen molar-refractivity contribution in [2.45, 2.75) is 38.0 Å². The van der Waals surface area contributed by atoms with E-state index >= 15 is 0 Å². The highest BCUT2D eigenvalue weighted by Crippen LogP contribution is 2.65. The Balaban J connectivity index is 2.39. The summed E-state index contributed by atoms with van der Waals surface area (Å²) < 4.78 is 85.3. The fourth-order valence-corrected chi connectivity index (χ4v) is 4.68. The van der Waals surface area contributed by atoms with Gasteiger partial charge in [-0.3, -0.25) is 0 Å². The summed E-state index contributed by atoms with van der Waals surface area (Å²) >= 11 is 2.28. The molecule has 0 fully saturated rings. The Morgan fingerprint density at radius 2 is 1.57 bits per heavy atom. The number of thiophene rings is 1. The van der Waals surface area contributed by atoms with Gasteiger partial charge in [0.1, 0.15) is 0 Å². The fourth-order valence-electron chi connectivity index (χ4n) is 2.98. The molecule has 8 heteroatoms. The Kier molecular flexibility index (Phi) is 3.72. The van der Waals surface area contributed by atoms with E-state index < -0.39 is 28.9 Å². The molecule has 0 bridgehead atoms. The molecule has 0 aromatic carbocycles. The van der Waals surface area contributed by atoms with Crippen LogP contribution in [-0.4, -0.2) is 23.5 Å². The van der Waals surface area contributed by atoms with Gasteiger partial charge in [-0.25, -0.2) is 0 Å². The maximum Gasteiger partial charge on any atom is 0.380 e. The van der Waals surface area contributed by atoms with Crippen LogP contribution in [0.5, 0.6) is 0 Å². The summed E-state index contributed by atoms with van der Waals surface area (Å²) in [5, 5.41) is 1.44. The molecule has 126 valence electrons. The van der Waals surface area contributed by atoms with Gasteiger partial charge in [-0.15, -0.1) is 23.1 Å². The van der Waals surface area contributed by atoms with Crippen LogP contribution in [0.2, 0.25) is 0 Å². The SMILES string of the molecule is CC1=C(C2=C(c3ccsc3C)C(F)(F)C(F)(F)C2(F)F)CCS1. The van der Waals surface area contributed by atoms with Crippen molar-refractivity contribution in [3.8, 4) is 0 Å². The van der Waals surface area contributed by atoms with Crippen LogP contribution in [0, 0.1) is 6.92 Å². The average molecular weight is 370 g/mol. The number of allylic oxidation sites excluding steroid dienone is 4. The molecule has 0 atom stereocenters. The quantitative estimate of drug-likeness (QED) is 0.564. The first-order valence-corrected chi connectivity index (χ1v) is 8.66. The lowest BCUT2D eigenvalue weighted by Gasteiger charge is -2.26. The molecule has 0 saturated heterocycles. The van der Waals surface area contributed by atoms with Crippen molar-refractivity contribution in [1.82, 2.24) is 0 Å². The molecule has 0 spiro atoms. The Morgan fingerprint density at radius 3 is 2.04 bits per heavy atom. The van der Waals surface area contributed by atoms with Crippen LogP contribution < -0.4 is 0 Å². The Bertz CT molecular complexity index is 726. The van der Waals surface area contributed by atoms with E-state index in [-0.39, 0.29) is 17.6 Å². The lowest BCUT2D eigenvalue weighted by molar-refractivity contribution is -0.259. The van der Waals surface area contributed by atoms with E-state index in [0.29, 0.717) is 15.5 Å². The molecule has 1 aliphatic heterocycles. The van der Waals surface area contributed by atoms with Gasteiger partial charge in [0.15, 0.2) is 0 Å². The van der Waals surface area contributed by atoms with Crippen LogP contribution in [-0.2, 0) is 0 Å². The van der Waals surface area contributed by atoms with E-state index in [1.165, 1.54) is 37.1 Å². The van der Waals surface area contributed by atoms with E-state index in [4.69, 9.17) is 0 Å². The molecule has 0 nitrogen and oxygen atoms in total. The summed E-state index contributed by atoms with van der Waals surface area (Å²) in [4.78, 5) is 0.716. The number of hydrogen-bond donors (Lipinski definition) is 0. The molecule has 1 aromatic heterocycles. The predicted octanol–water partition coefficient (Wildman–Crippen LogP) is 6.14. The summed E-state index contributed by atoms with van der Waals surface area (Å²) in [6, 6.07) is 1.21. The monoisotopic (exact) mass is 370 g/mol. The van der Waals surface area contributed by atoms with Crippen molar-refractivity contribution in [3.05, 3.63) is 37.9 Å². The highest BCUT2D eigenvalue weighted by atomic mass is 32.2. The van der Waals surface area contributed by atoms with Gasteiger partial charge >= 0.3 is 17.8 Å². The number of rotatable bonds is 2. The van der Waals surface area contributed by atoms with Crippen LogP contribution >= 0.6 is 23.1 Å². The lowest BCUT2D eigenvalue weighted by Crippen LogP contribution is -2.49. The molecule has 0 radical (unpaired) electrons. The van der Waals surface area contributed by atoms with Crippen LogP contribution in [0.3, 0.4) is 0 Å².